The van der Waals surface area contributed by atoms with Crippen LogP contribution in [0.4, 0.5) is 4.79 Å². The molecule has 2 aromatic rings. The molecule has 1 aliphatic heterocycles. The molecule has 1 heterocycles. The first-order chi connectivity index (χ1) is 20.3. The Labute approximate surface area is 256 Å². The number of hydrogen-bond donors (Lipinski definition) is 3. The summed E-state index contributed by atoms with van der Waals surface area (Å²) < 4.78 is 5.38. The molecule has 1 aliphatic rings. The van der Waals surface area contributed by atoms with Gasteiger partial charge in [0.2, 0.25) is 17.7 Å². The molecule has 0 aromatic heterocycles. The van der Waals surface area contributed by atoms with Crippen LogP contribution < -0.4 is 16.0 Å². The summed E-state index contributed by atoms with van der Waals surface area (Å²) in [4.78, 5) is 54.4. The van der Waals surface area contributed by atoms with Crippen LogP contribution in [0.2, 0.25) is 0 Å². The van der Waals surface area contributed by atoms with E-state index in [-0.39, 0.29) is 35.6 Å². The van der Waals surface area contributed by atoms with E-state index < -0.39 is 23.8 Å². The number of alkyl carbamates (subject to hydrolysis) is 1. The average molecular weight is 593 g/mol. The Morgan fingerprint density at radius 1 is 0.837 bits per heavy atom. The van der Waals surface area contributed by atoms with E-state index in [0.29, 0.717) is 38.8 Å². The van der Waals surface area contributed by atoms with Gasteiger partial charge >= 0.3 is 6.09 Å². The Bertz CT molecular complexity index is 1200. The molecule has 0 spiro atoms. The summed E-state index contributed by atoms with van der Waals surface area (Å²) in [5.74, 6) is -0.754. The van der Waals surface area contributed by atoms with E-state index in [4.69, 9.17) is 4.74 Å². The molecule has 43 heavy (non-hydrogen) atoms. The number of nitrogens with one attached hydrogen (secondary N) is 3. The van der Waals surface area contributed by atoms with Crippen molar-refractivity contribution < 1.29 is 23.9 Å². The summed E-state index contributed by atoms with van der Waals surface area (Å²) in [6.45, 7) is 12.0. The van der Waals surface area contributed by atoms with Gasteiger partial charge in [-0.15, -0.1) is 0 Å². The van der Waals surface area contributed by atoms with Gasteiger partial charge in [-0.1, -0.05) is 74.5 Å². The van der Waals surface area contributed by atoms with Crippen LogP contribution in [0, 0.1) is 11.8 Å². The second kappa shape index (κ2) is 15.5. The maximum absolute atomic E-state index is 13.4. The van der Waals surface area contributed by atoms with Crippen LogP contribution in [0.15, 0.2) is 60.7 Å². The maximum atomic E-state index is 13.4. The van der Waals surface area contributed by atoms with Crippen molar-refractivity contribution in [3.63, 3.8) is 0 Å². The highest BCUT2D eigenvalue weighted by molar-refractivity contribution is 5.89. The average Bonchev–Trinajstić information content (AvgIpc) is 2.96. The second-order valence-corrected chi connectivity index (χ2v) is 12.8. The van der Waals surface area contributed by atoms with E-state index >= 15 is 0 Å². The van der Waals surface area contributed by atoms with Gasteiger partial charge in [0.15, 0.2) is 0 Å². The van der Waals surface area contributed by atoms with Crippen molar-refractivity contribution in [2.45, 2.75) is 91.0 Å². The van der Waals surface area contributed by atoms with E-state index in [2.05, 4.69) is 16.0 Å². The van der Waals surface area contributed by atoms with E-state index in [1.807, 2.05) is 81.4 Å². The first-order valence-electron chi connectivity index (χ1n) is 15.3. The molecule has 0 bridgehead atoms. The number of amides is 4. The monoisotopic (exact) mass is 592 g/mol. The van der Waals surface area contributed by atoms with Crippen LogP contribution in [0.25, 0.3) is 0 Å². The molecule has 0 saturated carbocycles. The lowest BCUT2D eigenvalue weighted by Gasteiger charge is -2.35. The number of likely N-dealkylation sites (tertiary alicyclic amines) is 1. The molecule has 1 saturated heterocycles. The van der Waals surface area contributed by atoms with Crippen LogP contribution in [0.5, 0.6) is 0 Å². The fraction of sp³-hybridized carbons (Fsp3) is 0.529. The minimum atomic E-state index is -0.742. The summed E-state index contributed by atoms with van der Waals surface area (Å²) in [5, 5.41) is 8.81. The van der Waals surface area contributed by atoms with E-state index in [9.17, 15) is 19.2 Å². The highest BCUT2D eigenvalue weighted by Gasteiger charge is 2.34. The van der Waals surface area contributed by atoms with Gasteiger partial charge in [0, 0.05) is 25.4 Å². The summed E-state index contributed by atoms with van der Waals surface area (Å²) in [6.07, 6.45) is 1.17. The molecular formula is C34H48N4O5. The lowest BCUT2D eigenvalue weighted by atomic mass is 9.93. The van der Waals surface area contributed by atoms with Gasteiger partial charge in [-0.3, -0.25) is 14.4 Å². The van der Waals surface area contributed by atoms with Crippen LogP contribution in [-0.2, 0) is 25.5 Å². The highest BCUT2D eigenvalue weighted by Crippen LogP contribution is 2.21. The molecule has 3 rings (SSSR count). The third kappa shape index (κ3) is 11.0. The van der Waals surface area contributed by atoms with Gasteiger partial charge in [0.05, 0.1) is 6.04 Å². The molecule has 9 heteroatoms. The SMILES string of the molecule is CC(C)C[C@H](NC(=O)OC(C)(C)C)C(=O)N1CCC(C(=O)N[C@@H](Cc2ccccc2)C(=O)NC(C)c2ccccc2)CC1. The van der Waals surface area contributed by atoms with Crippen LogP contribution in [-0.4, -0.2) is 59.5 Å². The molecule has 2 aromatic carbocycles. The first kappa shape index (κ1) is 33.6. The molecule has 0 aliphatic carbocycles. The first-order valence-corrected chi connectivity index (χ1v) is 15.3. The number of nitrogens with zero attached hydrogens (tertiary/aromatic N) is 1. The minimum absolute atomic E-state index is 0.172. The van der Waals surface area contributed by atoms with Gasteiger partial charge in [-0.2, -0.15) is 0 Å². The topological polar surface area (TPSA) is 117 Å². The van der Waals surface area contributed by atoms with Crippen LogP contribution in [0.1, 0.15) is 78.0 Å². The number of rotatable bonds is 11. The van der Waals surface area contributed by atoms with E-state index in [1.165, 1.54) is 0 Å². The standard InChI is InChI=1S/C34H48N4O5/c1-23(2)21-29(37-33(42)43-34(4,5)6)32(41)38-19-17-27(18-20-38)30(39)36-28(22-25-13-9-7-10-14-25)31(40)35-24(3)26-15-11-8-12-16-26/h7-16,23-24,27-29H,17-22H2,1-6H3,(H,35,40)(H,36,39)(H,37,42)/t24?,28-,29-/m0/s1. The quantitative estimate of drug-likeness (QED) is 0.348. The Kier molecular flexibility index (Phi) is 12.2. The zero-order chi connectivity index (χ0) is 31.6. The largest absolute Gasteiger partial charge is 0.444 e. The number of ether oxygens (including phenoxy) is 1. The number of carbonyl (C=O) groups is 4. The maximum Gasteiger partial charge on any atom is 0.408 e. The lowest BCUT2D eigenvalue weighted by molar-refractivity contribution is -0.138. The zero-order valence-electron chi connectivity index (χ0n) is 26.4. The van der Waals surface area contributed by atoms with Gasteiger partial charge in [-0.25, -0.2) is 4.79 Å². The van der Waals surface area contributed by atoms with E-state index in [0.717, 1.165) is 11.1 Å². The summed E-state index contributed by atoms with van der Waals surface area (Å²) in [7, 11) is 0. The van der Waals surface area contributed by atoms with Crippen LogP contribution in [0.3, 0.4) is 0 Å². The van der Waals surface area contributed by atoms with Crippen LogP contribution >= 0.6 is 0 Å². The second-order valence-electron chi connectivity index (χ2n) is 12.8. The zero-order valence-corrected chi connectivity index (χ0v) is 26.4. The molecule has 4 amide bonds. The number of hydrogen-bond acceptors (Lipinski definition) is 5. The van der Waals surface area contributed by atoms with Crippen molar-refractivity contribution in [3.05, 3.63) is 71.8 Å². The molecular weight excluding hydrogens is 544 g/mol. The molecule has 1 fully saturated rings. The minimum Gasteiger partial charge on any atom is -0.444 e. The van der Waals surface area contributed by atoms with Crippen molar-refractivity contribution in [3.8, 4) is 0 Å². The number of carbonyl (C=O) groups excluding carboxylic acids is 4. The predicted octanol–water partition coefficient (Wildman–Crippen LogP) is 4.77. The summed E-state index contributed by atoms with van der Waals surface area (Å²) >= 11 is 0. The van der Waals surface area contributed by atoms with Gasteiger partial charge in [-0.05, 0) is 64.0 Å². The fourth-order valence-corrected chi connectivity index (χ4v) is 5.21. The van der Waals surface area contributed by atoms with Crippen molar-refractivity contribution in [1.82, 2.24) is 20.9 Å². The number of benzene rings is 2. The molecule has 9 nitrogen and oxygen atoms in total. The van der Waals surface area contributed by atoms with Crippen molar-refractivity contribution >= 4 is 23.8 Å². The van der Waals surface area contributed by atoms with Gasteiger partial charge in [0.25, 0.3) is 0 Å². The molecule has 1 unspecified atom stereocenters. The Morgan fingerprint density at radius 3 is 1.98 bits per heavy atom. The fourth-order valence-electron chi connectivity index (χ4n) is 5.21. The normalized spacial score (nSPS) is 16.1. The highest BCUT2D eigenvalue weighted by atomic mass is 16.6. The lowest BCUT2D eigenvalue weighted by Crippen LogP contribution is -2.54. The molecule has 234 valence electrons. The Hall–Kier alpha value is -3.88. The predicted molar refractivity (Wildman–Crippen MR) is 167 cm³/mol. The Balaban J connectivity index is 1.62. The third-order valence-corrected chi connectivity index (χ3v) is 7.45. The van der Waals surface area contributed by atoms with E-state index in [1.54, 1.807) is 25.7 Å². The summed E-state index contributed by atoms with van der Waals surface area (Å²) in [5.41, 5.74) is 1.26. The molecule has 3 atom stereocenters. The molecule has 3 N–H and O–H groups in total. The third-order valence-electron chi connectivity index (χ3n) is 7.45. The van der Waals surface area contributed by atoms with Crippen molar-refractivity contribution in [2.24, 2.45) is 11.8 Å². The Morgan fingerprint density at radius 2 is 1.42 bits per heavy atom. The molecule has 0 radical (unpaired) electrons. The van der Waals surface area contributed by atoms with Crippen molar-refractivity contribution in [2.75, 3.05) is 13.1 Å². The number of piperidine rings is 1. The summed E-state index contributed by atoms with van der Waals surface area (Å²) in [6, 6.07) is 17.7. The van der Waals surface area contributed by atoms with Gasteiger partial charge in [0.1, 0.15) is 17.7 Å². The smallest absolute Gasteiger partial charge is 0.408 e. The van der Waals surface area contributed by atoms with Crippen molar-refractivity contribution in [1.29, 1.82) is 0 Å². The van der Waals surface area contributed by atoms with Gasteiger partial charge < -0.3 is 25.6 Å².